The molecule has 2 rings (SSSR count). The van der Waals surface area contributed by atoms with Gasteiger partial charge in [0.2, 0.25) is 5.91 Å². The Morgan fingerprint density at radius 3 is 2.24 bits per heavy atom. The molecular weight excluding hydrogens is 274 g/mol. The first kappa shape index (κ1) is 15.0. The van der Waals surface area contributed by atoms with E-state index in [9.17, 15) is 14.4 Å². The predicted molar refractivity (Wildman–Crippen MR) is 73.7 cm³/mol. The molecule has 1 aliphatic heterocycles. The van der Waals surface area contributed by atoms with Gasteiger partial charge in [-0.25, -0.2) is 9.59 Å². The molecule has 0 saturated heterocycles. The molecule has 0 aliphatic carbocycles. The largest absolute Gasteiger partial charge is 0.513 e. The van der Waals surface area contributed by atoms with Crippen LogP contribution < -0.4 is 0 Å². The van der Waals surface area contributed by atoms with Crippen molar-refractivity contribution >= 4 is 18.0 Å². The van der Waals surface area contributed by atoms with Crippen LogP contribution in [-0.4, -0.2) is 34.1 Å². The second-order valence-electron chi connectivity index (χ2n) is 5.15. The SMILES string of the molecule is CC(=O)N1C(C)c2ccccc2C(C)C1C(=O)OC(=O)O. The third-order valence-corrected chi connectivity index (χ3v) is 3.92. The second-order valence-corrected chi connectivity index (χ2v) is 5.15. The molecular formula is C15H17NO5. The van der Waals surface area contributed by atoms with Gasteiger partial charge in [0.25, 0.3) is 0 Å². The highest BCUT2D eigenvalue weighted by molar-refractivity contribution is 5.90. The van der Waals surface area contributed by atoms with Gasteiger partial charge < -0.3 is 14.7 Å². The Balaban J connectivity index is 2.49. The Kier molecular flexibility index (Phi) is 3.97. The summed E-state index contributed by atoms with van der Waals surface area (Å²) in [5, 5.41) is 8.64. The quantitative estimate of drug-likeness (QED) is 0.634. The van der Waals surface area contributed by atoms with E-state index in [1.165, 1.54) is 11.8 Å². The van der Waals surface area contributed by atoms with Crippen molar-refractivity contribution in [2.75, 3.05) is 0 Å². The molecule has 0 aromatic heterocycles. The number of esters is 1. The summed E-state index contributed by atoms with van der Waals surface area (Å²) >= 11 is 0. The van der Waals surface area contributed by atoms with Crippen molar-refractivity contribution in [3.8, 4) is 0 Å². The summed E-state index contributed by atoms with van der Waals surface area (Å²) in [6.45, 7) is 4.96. The van der Waals surface area contributed by atoms with Crippen molar-refractivity contribution in [1.82, 2.24) is 4.90 Å². The highest BCUT2D eigenvalue weighted by Crippen LogP contribution is 2.40. The van der Waals surface area contributed by atoms with E-state index in [0.29, 0.717) is 0 Å². The Morgan fingerprint density at radius 2 is 1.71 bits per heavy atom. The van der Waals surface area contributed by atoms with E-state index in [-0.39, 0.29) is 17.9 Å². The Bertz CT molecular complexity index is 597. The standard InChI is InChI=1S/C15H17NO5/c1-8-11-6-4-5-7-12(11)9(2)16(10(3)17)13(8)14(18)21-15(19)20/h4-9,13H,1-3H3,(H,19,20). The van der Waals surface area contributed by atoms with Crippen LogP contribution in [0.5, 0.6) is 0 Å². The van der Waals surface area contributed by atoms with Crippen molar-refractivity contribution in [1.29, 1.82) is 0 Å². The third kappa shape index (κ3) is 2.61. The molecule has 1 aliphatic rings. The van der Waals surface area contributed by atoms with E-state index in [4.69, 9.17) is 5.11 Å². The predicted octanol–water partition coefficient (Wildman–Crippen LogP) is 2.30. The molecule has 3 atom stereocenters. The maximum Gasteiger partial charge on any atom is 0.513 e. The lowest BCUT2D eigenvalue weighted by molar-refractivity contribution is -0.154. The zero-order valence-corrected chi connectivity index (χ0v) is 12.1. The van der Waals surface area contributed by atoms with Gasteiger partial charge in [-0.2, -0.15) is 0 Å². The van der Waals surface area contributed by atoms with Crippen LogP contribution in [0, 0.1) is 0 Å². The van der Waals surface area contributed by atoms with E-state index < -0.39 is 18.2 Å². The van der Waals surface area contributed by atoms with Gasteiger partial charge in [0.1, 0.15) is 6.04 Å². The highest BCUT2D eigenvalue weighted by atomic mass is 16.7. The summed E-state index contributed by atoms with van der Waals surface area (Å²) in [5.41, 5.74) is 1.88. The number of nitrogens with zero attached hydrogens (tertiary/aromatic N) is 1. The number of fused-ring (bicyclic) bond motifs is 1. The minimum Gasteiger partial charge on any atom is -0.449 e. The van der Waals surface area contributed by atoms with E-state index in [1.54, 1.807) is 6.92 Å². The molecule has 112 valence electrons. The number of carboxylic acid groups (broad SMARTS) is 1. The lowest BCUT2D eigenvalue weighted by Gasteiger charge is -2.43. The average molecular weight is 291 g/mol. The zero-order valence-electron chi connectivity index (χ0n) is 12.1. The van der Waals surface area contributed by atoms with Crippen LogP contribution in [0.25, 0.3) is 0 Å². The number of carbonyl (C=O) groups is 3. The van der Waals surface area contributed by atoms with E-state index >= 15 is 0 Å². The third-order valence-electron chi connectivity index (χ3n) is 3.92. The van der Waals surface area contributed by atoms with Gasteiger partial charge >= 0.3 is 12.1 Å². The second kappa shape index (κ2) is 5.55. The minimum atomic E-state index is -1.66. The first-order valence-corrected chi connectivity index (χ1v) is 6.67. The van der Waals surface area contributed by atoms with Crippen LogP contribution in [0.3, 0.4) is 0 Å². The summed E-state index contributed by atoms with van der Waals surface area (Å²) < 4.78 is 4.29. The van der Waals surface area contributed by atoms with Gasteiger partial charge in [0.15, 0.2) is 0 Å². The molecule has 1 heterocycles. The van der Waals surface area contributed by atoms with Gasteiger partial charge in [-0.05, 0) is 18.1 Å². The van der Waals surface area contributed by atoms with Crippen molar-refractivity contribution < 1.29 is 24.2 Å². The van der Waals surface area contributed by atoms with E-state index in [1.807, 2.05) is 31.2 Å². The van der Waals surface area contributed by atoms with Crippen LogP contribution in [0.15, 0.2) is 24.3 Å². The molecule has 6 nitrogen and oxygen atoms in total. The summed E-state index contributed by atoms with van der Waals surface area (Å²) in [6, 6.07) is 6.26. The molecule has 0 radical (unpaired) electrons. The fourth-order valence-electron chi connectivity index (χ4n) is 3.04. The maximum atomic E-state index is 12.1. The van der Waals surface area contributed by atoms with Crippen LogP contribution in [0.1, 0.15) is 43.9 Å². The molecule has 21 heavy (non-hydrogen) atoms. The normalized spacial score (nSPS) is 24.1. The molecule has 0 saturated carbocycles. The van der Waals surface area contributed by atoms with Gasteiger partial charge in [-0.1, -0.05) is 31.2 Å². The molecule has 6 heteroatoms. The summed E-state index contributed by atoms with van der Waals surface area (Å²) in [5.74, 6) is -1.56. The number of hydrogen-bond acceptors (Lipinski definition) is 4. The number of amides is 1. The number of carbonyl (C=O) groups excluding carboxylic acids is 2. The molecule has 3 unspecified atom stereocenters. The van der Waals surface area contributed by atoms with Gasteiger partial charge in [0, 0.05) is 12.8 Å². The van der Waals surface area contributed by atoms with Gasteiger partial charge in [-0.15, -0.1) is 0 Å². The first-order valence-electron chi connectivity index (χ1n) is 6.67. The average Bonchev–Trinajstić information content (AvgIpc) is 2.41. The highest BCUT2D eigenvalue weighted by Gasteiger charge is 2.43. The van der Waals surface area contributed by atoms with Crippen LogP contribution in [0.4, 0.5) is 4.79 Å². The minimum absolute atomic E-state index is 0.295. The zero-order chi connectivity index (χ0) is 15.7. The molecule has 0 fully saturated rings. The van der Waals surface area contributed by atoms with Gasteiger partial charge in [0.05, 0.1) is 6.04 Å². The topological polar surface area (TPSA) is 83.9 Å². The number of hydrogen-bond donors (Lipinski definition) is 1. The first-order chi connectivity index (χ1) is 9.84. The molecule has 1 aromatic carbocycles. The number of ether oxygens (including phenoxy) is 1. The molecule has 0 spiro atoms. The van der Waals surface area contributed by atoms with Crippen LogP contribution in [-0.2, 0) is 14.3 Å². The summed E-state index contributed by atoms with van der Waals surface area (Å²) in [6.07, 6.45) is -1.66. The van der Waals surface area contributed by atoms with Gasteiger partial charge in [-0.3, -0.25) is 4.79 Å². The van der Waals surface area contributed by atoms with E-state index in [2.05, 4.69) is 4.74 Å². The summed E-state index contributed by atoms with van der Waals surface area (Å²) in [4.78, 5) is 36.0. The maximum absolute atomic E-state index is 12.1. The molecule has 1 aromatic rings. The number of benzene rings is 1. The smallest absolute Gasteiger partial charge is 0.449 e. The Labute approximate surface area is 122 Å². The lowest BCUT2D eigenvalue weighted by Crippen LogP contribution is -2.52. The molecule has 1 amide bonds. The van der Waals surface area contributed by atoms with Crippen molar-refractivity contribution in [3.05, 3.63) is 35.4 Å². The monoisotopic (exact) mass is 291 g/mol. The van der Waals surface area contributed by atoms with Crippen LogP contribution in [0.2, 0.25) is 0 Å². The molecule has 1 N–H and O–H groups in total. The van der Waals surface area contributed by atoms with Crippen molar-refractivity contribution in [2.24, 2.45) is 0 Å². The fraction of sp³-hybridized carbons (Fsp3) is 0.400. The fourth-order valence-corrected chi connectivity index (χ4v) is 3.04. The Hall–Kier alpha value is -2.37. The van der Waals surface area contributed by atoms with Crippen molar-refractivity contribution in [3.63, 3.8) is 0 Å². The number of rotatable bonds is 1. The summed E-state index contributed by atoms with van der Waals surface area (Å²) in [7, 11) is 0. The molecule has 0 bridgehead atoms. The van der Waals surface area contributed by atoms with Crippen LogP contribution >= 0.6 is 0 Å². The Morgan fingerprint density at radius 1 is 1.14 bits per heavy atom. The van der Waals surface area contributed by atoms with E-state index in [0.717, 1.165) is 11.1 Å². The lowest BCUT2D eigenvalue weighted by atomic mass is 9.81. The van der Waals surface area contributed by atoms with Crippen molar-refractivity contribution in [2.45, 2.75) is 38.8 Å².